The molecule has 2 rings (SSSR count). The second-order valence-corrected chi connectivity index (χ2v) is 7.25. The van der Waals surface area contributed by atoms with E-state index in [1.807, 2.05) is 0 Å². The molecule has 0 spiro atoms. The second-order valence-electron chi connectivity index (χ2n) is 7.25. The highest BCUT2D eigenvalue weighted by Crippen LogP contribution is 2.33. The van der Waals surface area contributed by atoms with E-state index in [9.17, 15) is 9.90 Å². The van der Waals surface area contributed by atoms with Crippen molar-refractivity contribution in [2.75, 3.05) is 6.54 Å². The van der Waals surface area contributed by atoms with Gasteiger partial charge in [0.25, 0.3) is 0 Å². The van der Waals surface area contributed by atoms with Gasteiger partial charge in [0.15, 0.2) is 0 Å². The van der Waals surface area contributed by atoms with Crippen molar-refractivity contribution in [2.45, 2.75) is 77.2 Å². The third kappa shape index (κ3) is 4.21. The molecule has 0 aromatic carbocycles. The molecule has 0 aromatic rings. The molecule has 2 fully saturated rings. The average Bonchev–Trinajstić information content (AvgIpc) is 2.46. The molecular weight excluding hydrogens is 250 g/mol. The minimum absolute atomic E-state index is 0.169. The van der Waals surface area contributed by atoms with Crippen LogP contribution in [-0.4, -0.2) is 23.2 Å². The molecule has 20 heavy (non-hydrogen) atoms. The number of nitrogens with one attached hydrogen (secondary N) is 1. The Labute approximate surface area is 123 Å². The van der Waals surface area contributed by atoms with E-state index < -0.39 is 5.60 Å². The van der Waals surface area contributed by atoms with Crippen LogP contribution in [-0.2, 0) is 4.79 Å². The van der Waals surface area contributed by atoms with Crippen LogP contribution in [0.15, 0.2) is 0 Å². The molecule has 2 saturated carbocycles. The van der Waals surface area contributed by atoms with Gasteiger partial charge in [-0.15, -0.1) is 0 Å². The molecule has 0 atom stereocenters. The lowest BCUT2D eigenvalue weighted by Crippen LogP contribution is -2.47. The smallest absolute Gasteiger partial charge is 0.223 e. The molecule has 3 heteroatoms. The molecule has 0 bridgehead atoms. The van der Waals surface area contributed by atoms with Gasteiger partial charge in [-0.3, -0.25) is 4.79 Å². The van der Waals surface area contributed by atoms with Crippen LogP contribution >= 0.6 is 0 Å². The number of carbonyl (C=O) groups excluding carboxylic acids is 1. The van der Waals surface area contributed by atoms with Crippen LogP contribution in [0.2, 0.25) is 0 Å². The van der Waals surface area contributed by atoms with Gasteiger partial charge in [-0.1, -0.05) is 20.3 Å². The van der Waals surface area contributed by atoms with Crippen molar-refractivity contribution >= 4 is 5.91 Å². The van der Waals surface area contributed by atoms with Gasteiger partial charge in [-0.25, -0.2) is 0 Å². The number of hydrogen-bond acceptors (Lipinski definition) is 2. The molecular formula is C17H31NO2. The van der Waals surface area contributed by atoms with Gasteiger partial charge < -0.3 is 10.4 Å². The quantitative estimate of drug-likeness (QED) is 0.831. The van der Waals surface area contributed by atoms with Gasteiger partial charge >= 0.3 is 0 Å². The Hall–Kier alpha value is -0.570. The van der Waals surface area contributed by atoms with Crippen LogP contribution in [0.1, 0.15) is 71.6 Å². The third-order valence-corrected chi connectivity index (χ3v) is 5.59. The number of aliphatic hydroxyl groups is 1. The lowest BCUT2D eigenvalue weighted by molar-refractivity contribution is -0.128. The van der Waals surface area contributed by atoms with E-state index in [-0.39, 0.29) is 11.8 Å². The third-order valence-electron chi connectivity index (χ3n) is 5.59. The summed E-state index contributed by atoms with van der Waals surface area (Å²) in [6.07, 6.45) is 9.46. The van der Waals surface area contributed by atoms with Crippen molar-refractivity contribution in [1.82, 2.24) is 5.32 Å². The van der Waals surface area contributed by atoms with Crippen LogP contribution < -0.4 is 5.32 Å². The fourth-order valence-corrected chi connectivity index (χ4v) is 3.72. The first-order valence-electron chi connectivity index (χ1n) is 8.52. The van der Waals surface area contributed by atoms with E-state index in [1.54, 1.807) is 0 Å². The Kier molecular flexibility index (Phi) is 5.48. The maximum atomic E-state index is 12.2. The minimum Gasteiger partial charge on any atom is -0.388 e. The van der Waals surface area contributed by atoms with Crippen molar-refractivity contribution in [1.29, 1.82) is 0 Å². The topological polar surface area (TPSA) is 49.3 Å². The zero-order chi connectivity index (χ0) is 14.6. The standard InChI is InChI=1S/C17H31NO2/c1-3-14-8-10-17(20,11-9-14)12-18-16(19)15-6-4-13(2)5-7-15/h13-15,20H,3-12H2,1-2H3,(H,18,19). The summed E-state index contributed by atoms with van der Waals surface area (Å²) in [5, 5.41) is 13.6. The first kappa shape index (κ1) is 15.8. The Morgan fingerprint density at radius 1 is 1.15 bits per heavy atom. The maximum absolute atomic E-state index is 12.2. The predicted octanol–water partition coefficient (Wildman–Crippen LogP) is 3.26. The van der Waals surface area contributed by atoms with E-state index in [1.165, 1.54) is 19.3 Å². The van der Waals surface area contributed by atoms with Crippen molar-refractivity contribution in [3.05, 3.63) is 0 Å². The Morgan fingerprint density at radius 2 is 1.75 bits per heavy atom. The Bertz CT molecular complexity index is 313. The summed E-state index contributed by atoms with van der Waals surface area (Å²) >= 11 is 0. The Morgan fingerprint density at radius 3 is 2.30 bits per heavy atom. The summed E-state index contributed by atoms with van der Waals surface area (Å²) in [7, 11) is 0. The molecule has 116 valence electrons. The largest absolute Gasteiger partial charge is 0.388 e. The van der Waals surface area contributed by atoms with Crippen molar-refractivity contribution in [3.63, 3.8) is 0 Å². The van der Waals surface area contributed by atoms with Gasteiger partial charge in [0.05, 0.1) is 5.60 Å². The van der Waals surface area contributed by atoms with Gasteiger partial charge in [0.2, 0.25) is 5.91 Å². The van der Waals surface area contributed by atoms with Crippen LogP contribution in [0.4, 0.5) is 0 Å². The van der Waals surface area contributed by atoms with Crippen LogP contribution in [0.3, 0.4) is 0 Å². The van der Waals surface area contributed by atoms with Crippen LogP contribution in [0, 0.1) is 17.8 Å². The van der Waals surface area contributed by atoms with E-state index in [4.69, 9.17) is 0 Å². The molecule has 0 saturated heterocycles. The van der Waals surface area contributed by atoms with Crippen molar-refractivity contribution in [2.24, 2.45) is 17.8 Å². The van der Waals surface area contributed by atoms with Gasteiger partial charge in [0.1, 0.15) is 0 Å². The predicted molar refractivity (Wildman–Crippen MR) is 81.3 cm³/mol. The molecule has 2 aliphatic rings. The molecule has 0 aliphatic heterocycles. The first-order valence-corrected chi connectivity index (χ1v) is 8.52. The minimum atomic E-state index is -0.650. The molecule has 0 heterocycles. The number of carbonyl (C=O) groups is 1. The average molecular weight is 281 g/mol. The summed E-state index contributed by atoms with van der Waals surface area (Å²) in [5.74, 6) is 1.89. The molecule has 0 unspecified atom stereocenters. The monoisotopic (exact) mass is 281 g/mol. The molecule has 1 amide bonds. The number of rotatable bonds is 4. The molecule has 0 aromatic heterocycles. The van der Waals surface area contributed by atoms with E-state index in [0.29, 0.717) is 6.54 Å². The second kappa shape index (κ2) is 6.93. The van der Waals surface area contributed by atoms with E-state index in [2.05, 4.69) is 19.2 Å². The Balaban J connectivity index is 1.73. The van der Waals surface area contributed by atoms with Crippen LogP contribution in [0.5, 0.6) is 0 Å². The van der Waals surface area contributed by atoms with Gasteiger partial charge in [-0.05, 0) is 63.2 Å². The zero-order valence-electron chi connectivity index (χ0n) is 13.2. The summed E-state index contributed by atoms with van der Waals surface area (Å²) in [6.45, 7) is 4.94. The molecule has 0 radical (unpaired) electrons. The van der Waals surface area contributed by atoms with Gasteiger partial charge in [0, 0.05) is 12.5 Å². The van der Waals surface area contributed by atoms with Crippen molar-refractivity contribution in [3.8, 4) is 0 Å². The summed E-state index contributed by atoms with van der Waals surface area (Å²) in [4.78, 5) is 12.2. The SMILES string of the molecule is CCC1CCC(O)(CNC(=O)C2CCC(C)CC2)CC1. The number of amides is 1. The highest BCUT2D eigenvalue weighted by molar-refractivity contribution is 5.78. The fraction of sp³-hybridized carbons (Fsp3) is 0.941. The fourth-order valence-electron chi connectivity index (χ4n) is 3.72. The molecule has 2 aliphatic carbocycles. The highest BCUT2D eigenvalue weighted by atomic mass is 16.3. The summed E-state index contributed by atoms with van der Waals surface area (Å²) in [6, 6.07) is 0. The maximum Gasteiger partial charge on any atom is 0.223 e. The zero-order valence-corrected chi connectivity index (χ0v) is 13.2. The van der Waals surface area contributed by atoms with Crippen molar-refractivity contribution < 1.29 is 9.90 Å². The summed E-state index contributed by atoms with van der Waals surface area (Å²) in [5.41, 5.74) is -0.650. The molecule has 2 N–H and O–H groups in total. The lowest BCUT2D eigenvalue weighted by atomic mass is 9.77. The van der Waals surface area contributed by atoms with Crippen LogP contribution in [0.25, 0.3) is 0 Å². The lowest BCUT2D eigenvalue weighted by Gasteiger charge is -2.36. The van der Waals surface area contributed by atoms with E-state index in [0.717, 1.165) is 50.4 Å². The number of hydrogen-bond donors (Lipinski definition) is 2. The van der Waals surface area contributed by atoms with E-state index >= 15 is 0 Å². The first-order chi connectivity index (χ1) is 9.52. The highest BCUT2D eigenvalue weighted by Gasteiger charge is 2.33. The summed E-state index contributed by atoms with van der Waals surface area (Å²) < 4.78 is 0. The van der Waals surface area contributed by atoms with Gasteiger partial charge in [-0.2, -0.15) is 0 Å². The molecule has 3 nitrogen and oxygen atoms in total. The normalized spacial score (nSPS) is 38.5.